The molecule has 2 rings (SSSR count). The Morgan fingerprint density at radius 1 is 0.905 bits per heavy atom. The molecule has 1 aliphatic carbocycles. The van der Waals surface area contributed by atoms with E-state index in [0.29, 0.717) is 0 Å². The van der Waals surface area contributed by atoms with Gasteiger partial charge in [-0.3, -0.25) is 4.90 Å². The molecular weight excluding hydrogens is 256 g/mol. The van der Waals surface area contributed by atoms with Gasteiger partial charge in [-0.1, -0.05) is 53.4 Å². The lowest BCUT2D eigenvalue weighted by molar-refractivity contribution is 0.0569. The highest BCUT2D eigenvalue weighted by Crippen LogP contribution is 2.28. The van der Waals surface area contributed by atoms with Crippen LogP contribution in [0.2, 0.25) is 0 Å². The average Bonchev–Trinajstić information content (AvgIpc) is 2.68. The smallest absolute Gasteiger partial charge is 0.0226 e. The molecule has 0 amide bonds. The summed E-state index contributed by atoms with van der Waals surface area (Å²) in [7, 11) is 0. The van der Waals surface area contributed by atoms with Gasteiger partial charge in [0.1, 0.15) is 0 Å². The molecule has 2 atom stereocenters. The maximum Gasteiger partial charge on any atom is 0.0226 e. The van der Waals surface area contributed by atoms with Gasteiger partial charge in [0.15, 0.2) is 0 Å². The second-order valence-corrected chi connectivity index (χ2v) is 8.36. The lowest BCUT2D eigenvalue weighted by Crippen LogP contribution is -2.59. The molecule has 2 fully saturated rings. The van der Waals surface area contributed by atoms with E-state index < -0.39 is 0 Å². The van der Waals surface area contributed by atoms with Crippen LogP contribution in [0.15, 0.2) is 0 Å². The molecular formula is C19H38N2. The first-order valence-electron chi connectivity index (χ1n) is 9.55. The fourth-order valence-electron chi connectivity index (χ4n) is 4.41. The van der Waals surface area contributed by atoms with E-state index in [1.807, 2.05) is 0 Å². The quantitative estimate of drug-likeness (QED) is 0.754. The van der Waals surface area contributed by atoms with Gasteiger partial charge in [-0.2, -0.15) is 0 Å². The van der Waals surface area contributed by atoms with Gasteiger partial charge in [-0.25, -0.2) is 0 Å². The van der Waals surface area contributed by atoms with Crippen LogP contribution in [-0.4, -0.2) is 36.1 Å². The number of nitrogens with zero attached hydrogens (tertiary/aromatic N) is 1. The molecule has 0 aromatic rings. The van der Waals surface area contributed by atoms with Crippen molar-refractivity contribution >= 4 is 0 Å². The van der Waals surface area contributed by atoms with Crippen molar-refractivity contribution in [3.63, 3.8) is 0 Å². The van der Waals surface area contributed by atoms with Crippen LogP contribution in [0.5, 0.6) is 0 Å². The lowest BCUT2D eigenvalue weighted by atomic mass is 9.92. The van der Waals surface area contributed by atoms with Crippen molar-refractivity contribution < 1.29 is 0 Å². The Morgan fingerprint density at radius 3 is 2.10 bits per heavy atom. The Kier molecular flexibility index (Phi) is 7.01. The predicted molar refractivity (Wildman–Crippen MR) is 92.7 cm³/mol. The van der Waals surface area contributed by atoms with Gasteiger partial charge in [-0.05, 0) is 37.5 Å². The molecule has 0 aromatic carbocycles. The average molecular weight is 295 g/mol. The zero-order valence-electron chi connectivity index (χ0n) is 14.9. The van der Waals surface area contributed by atoms with Gasteiger partial charge in [-0.15, -0.1) is 0 Å². The number of hydrogen-bond donors (Lipinski definition) is 1. The minimum Gasteiger partial charge on any atom is -0.311 e. The number of piperazine rings is 1. The topological polar surface area (TPSA) is 15.3 Å². The summed E-state index contributed by atoms with van der Waals surface area (Å²) in [5, 5.41) is 3.85. The van der Waals surface area contributed by atoms with Gasteiger partial charge in [0.05, 0.1) is 0 Å². The highest BCUT2D eigenvalue weighted by atomic mass is 15.3. The molecule has 0 radical (unpaired) electrons. The molecule has 0 aromatic heterocycles. The van der Waals surface area contributed by atoms with E-state index in [0.717, 1.165) is 30.0 Å². The first-order valence-corrected chi connectivity index (χ1v) is 9.55. The summed E-state index contributed by atoms with van der Waals surface area (Å²) in [6.45, 7) is 12.0. The fraction of sp³-hybridized carbons (Fsp3) is 1.00. The standard InChI is InChI=1S/C19H38N2/c1-15(2)11-17-14-21(18-9-7-5-6-8-10-18)19(13-20-17)12-16(3)4/h15-20H,5-14H2,1-4H3. The summed E-state index contributed by atoms with van der Waals surface area (Å²) >= 11 is 0. The van der Waals surface area contributed by atoms with E-state index in [2.05, 4.69) is 37.9 Å². The predicted octanol–water partition coefficient (Wildman–Crippen LogP) is 4.44. The summed E-state index contributed by atoms with van der Waals surface area (Å²) in [5.41, 5.74) is 0. The van der Waals surface area contributed by atoms with E-state index >= 15 is 0 Å². The third-order valence-electron chi connectivity index (χ3n) is 5.34. The van der Waals surface area contributed by atoms with Gasteiger partial charge < -0.3 is 5.32 Å². The first-order chi connectivity index (χ1) is 10.1. The maximum absolute atomic E-state index is 3.85. The molecule has 1 saturated carbocycles. The van der Waals surface area contributed by atoms with Crippen LogP contribution in [0.3, 0.4) is 0 Å². The van der Waals surface area contributed by atoms with Crippen molar-refractivity contribution in [2.24, 2.45) is 11.8 Å². The van der Waals surface area contributed by atoms with Crippen molar-refractivity contribution in [2.75, 3.05) is 13.1 Å². The molecule has 1 saturated heterocycles. The van der Waals surface area contributed by atoms with E-state index in [1.165, 1.54) is 64.5 Å². The molecule has 0 spiro atoms. The molecule has 21 heavy (non-hydrogen) atoms. The van der Waals surface area contributed by atoms with Crippen LogP contribution in [0.25, 0.3) is 0 Å². The minimum atomic E-state index is 0.719. The molecule has 1 heterocycles. The van der Waals surface area contributed by atoms with E-state index in [-0.39, 0.29) is 0 Å². The molecule has 2 heteroatoms. The van der Waals surface area contributed by atoms with E-state index in [1.54, 1.807) is 0 Å². The summed E-state index contributed by atoms with van der Waals surface area (Å²) < 4.78 is 0. The van der Waals surface area contributed by atoms with Crippen LogP contribution in [0.1, 0.15) is 79.1 Å². The summed E-state index contributed by atoms with van der Waals surface area (Å²) in [6.07, 6.45) is 11.4. The summed E-state index contributed by atoms with van der Waals surface area (Å²) in [5.74, 6) is 1.62. The number of hydrogen-bond acceptors (Lipinski definition) is 2. The van der Waals surface area contributed by atoms with Crippen LogP contribution in [-0.2, 0) is 0 Å². The van der Waals surface area contributed by atoms with Crippen molar-refractivity contribution in [1.82, 2.24) is 10.2 Å². The second kappa shape index (κ2) is 8.53. The van der Waals surface area contributed by atoms with Crippen LogP contribution >= 0.6 is 0 Å². The molecule has 124 valence electrons. The van der Waals surface area contributed by atoms with Gasteiger partial charge >= 0.3 is 0 Å². The van der Waals surface area contributed by atoms with Gasteiger partial charge in [0.2, 0.25) is 0 Å². The Labute approximate surface area is 133 Å². The molecule has 2 unspecified atom stereocenters. The highest BCUT2D eigenvalue weighted by Gasteiger charge is 2.33. The second-order valence-electron chi connectivity index (χ2n) is 8.36. The van der Waals surface area contributed by atoms with Crippen molar-refractivity contribution in [3.8, 4) is 0 Å². The number of rotatable bonds is 5. The van der Waals surface area contributed by atoms with Crippen molar-refractivity contribution in [2.45, 2.75) is 97.2 Å². The summed E-state index contributed by atoms with van der Waals surface area (Å²) in [6, 6.07) is 2.36. The minimum absolute atomic E-state index is 0.719. The van der Waals surface area contributed by atoms with Gasteiger partial charge in [0.25, 0.3) is 0 Å². The normalized spacial score (nSPS) is 30.0. The Morgan fingerprint density at radius 2 is 1.52 bits per heavy atom. The molecule has 0 bridgehead atoms. The third kappa shape index (κ3) is 5.56. The monoisotopic (exact) mass is 294 g/mol. The Bertz CT molecular complexity index is 277. The fourth-order valence-corrected chi connectivity index (χ4v) is 4.41. The van der Waals surface area contributed by atoms with Crippen molar-refractivity contribution in [1.29, 1.82) is 0 Å². The van der Waals surface area contributed by atoms with Crippen LogP contribution < -0.4 is 5.32 Å². The van der Waals surface area contributed by atoms with Gasteiger partial charge in [0, 0.05) is 31.2 Å². The zero-order valence-corrected chi connectivity index (χ0v) is 14.9. The summed E-state index contributed by atoms with van der Waals surface area (Å²) in [4.78, 5) is 2.93. The van der Waals surface area contributed by atoms with E-state index in [4.69, 9.17) is 0 Å². The number of nitrogens with one attached hydrogen (secondary N) is 1. The molecule has 1 aliphatic heterocycles. The molecule has 2 aliphatic rings. The largest absolute Gasteiger partial charge is 0.311 e. The highest BCUT2D eigenvalue weighted by molar-refractivity contribution is 4.91. The SMILES string of the molecule is CC(C)CC1CN(C2CCCCCC2)C(CC(C)C)CN1. The lowest BCUT2D eigenvalue weighted by Gasteiger charge is -2.46. The van der Waals surface area contributed by atoms with Crippen LogP contribution in [0.4, 0.5) is 0 Å². The zero-order chi connectivity index (χ0) is 15.2. The van der Waals surface area contributed by atoms with Crippen molar-refractivity contribution in [3.05, 3.63) is 0 Å². The Hall–Kier alpha value is -0.0800. The Balaban J connectivity index is 2.00. The third-order valence-corrected chi connectivity index (χ3v) is 5.34. The van der Waals surface area contributed by atoms with E-state index in [9.17, 15) is 0 Å². The molecule has 2 nitrogen and oxygen atoms in total. The first kappa shape index (κ1) is 17.3. The molecule has 1 N–H and O–H groups in total. The maximum atomic E-state index is 3.85. The van der Waals surface area contributed by atoms with Crippen LogP contribution in [0, 0.1) is 11.8 Å².